The molecule has 0 saturated carbocycles. The van der Waals surface area contributed by atoms with Crippen LogP contribution in [-0.4, -0.2) is 108 Å². The number of aliphatic hydroxyl groups is 5. The highest BCUT2D eigenvalue weighted by molar-refractivity contribution is 5.94. The third kappa shape index (κ3) is 5.55. The van der Waals surface area contributed by atoms with Gasteiger partial charge >= 0.3 is 0 Å². The number of nitrogens with zero attached hydrogens (tertiary/aromatic N) is 4. The van der Waals surface area contributed by atoms with E-state index in [1.54, 1.807) is 20.3 Å². The zero-order valence-corrected chi connectivity index (χ0v) is 22.3. The van der Waals surface area contributed by atoms with Crippen LogP contribution in [0.3, 0.4) is 0 Å². The van der Waals surface area contributed by atoms with E-state index in [0.717, 1.165) is 11.6 Å². The summed E-state index contributed by atoms with van der Waals surface area (Å²) in [7, 11) is 3.11. The topological polar surface area (TPSA) is 214 Å². The van der Waals surface area contributed by atoms with Crippen molar-refractivity contribution in [2.45, 2.75) is 55.8 Å². The van der Waals surface area contributed by atoms with E-state index >= 15 is 0 Å². The number of imidazole rings is 1. The van der Waals surface area contributed by atoms with E-state index in [4.69, 9.17) is 14.2 Å². The highest BCUT2D eigenvalue weighted by atomic mass is 16.5. The van der Waals surface area contributed by atoms with Crippen LogP contribution in [-0.2, 0) is 16.1 Å². The highest BCUT2D eigenvalue weighted by Crippen LogP contribution is 2.33. The normalized spacial score (nSPS) is 27.9. The number of benzene rings is 1. The largest absolute Gasteiger partial charge is 0.493 e. The Labute approximate surface area is 234 Å². The van der Waals surface area contributed by atoms with Crippen molar-refractivity contribution in [3.63, 3.8) is 0 Å². The van der Waals surface area contributed by atoms with Gasteiger partial charge in [0.1, 0.15) is 36.8 Å². The molecule has 0 spiro atoms. The first-order chi connectivity index (χ1) is 19.7. The third-order valence-corrected chi connectivity index (χ3v) is 7.23. The lowest BCUT2D eigenvalue weighted by molar-refractivity contribution is -0.121. The van der Waals surface area contributed by atoms with Crippen molar-refractivity contribution in [2.24, 2.45) is 0 Å². The Morgan fingerprint density at radius 1 is 1.10 bits per heavy atom. The second-order valence-electron chi connectivity index (χ2n) is 9.77. The average molecular weight is 573 g/mol. The molecule has 2 aliphatic rings. The first kappa shape index (κ1) is 28.7. The van der Waals surface area contributed by atoms with Gasteiger partial charge in [0, 0.05) is 18.5 Å². The van der Waals surface area contributed by atoms with E-state index in [1.807, 2.05) is 12.1 Å². The number of rotatable bonds is 9. The van der Waals surface area contributed by atoms with Gasteiger partial charge < -0.3 is 50.4 Å². The Kier molecular flexibility index (Phi) is 8.35. The Bertz CT molecular complexity index is 1430. The van der Waals surface area contributed by atoms with Gasteiger partial charge in [0.25, 0.3) is 0 Å². The maximum absolute atomic E-state index is 13.0. The number of carbonyl (C=O) groups is 1. The first-order valence-corrected chi connectivity index (χ1v) is 12.9. The fourth-order valence-corrected chi connectivity index (χ4v) is 4.99. The summed E-state index contributed by atoms with van der Waals surface area (Å²) in [4.78, 5) is 26.1. The Morgan fingerprint density at radius 3 is 2.59 bits per heavy atom. The van der Waals surface area contributed by atoms with Crippen LogP contribution in [0.4, 0.5) is 5.82 Å². The molecule has 220 valence electrons. The molecule has 3 heterocycles. The van der Waals surface area contributed by atoms with Gasteiger partial charge in [0.2, 0.25) is 5.91 Å². The number of ether oxygens (including phenoxy) is 3. The molecular weight excluding hydrogens is 540 g/mol. The molecule has 2 aromatic heterocycles. The standard InChI is InChI=1S/C26H32N6O9/c1-39-16-4-3-12(5-17(16)40-2)8-27-23-20-24(29-10-28-23)32(11-30-20)26-19(22(37)18(9-33)41-26)31-25(38)13-6-14(34)21(36)15(35)7-13/h3-6,10-11,14-15,18-19,21-22,26,33-37H,7-9H2,1-2H3,(H,31,38)(H,27,28,29)/t14?,15?,18-,19-,21?,22-,26-/m1/s1. The summed E-state index contributed by atoms with van der Waals surface area (Å²) in [5.41, 5.74) is 1.67. The molecule has 15 nitrogen and oxygen atoms in total. The van der Waals surface area contributed by atoms with Gasteiger partial charge in [0.05, 0.1) is 33.3 Å². The van der Waals surface area contributed by atoms with Crippen molar-refractivity contribution in [1.29, 1.82) is 0 Å². The fourth-order valence-electron chi connectivity index (χ4n) is 4.99. The SMILES string of the molecule is COc1ccc(CNc2ncnc3c2ncn3[C@@H]2O[C@H](CO)[C@@H](O)[C@H]2NC(=O)C2=CC(O)C(O)C(O)C2)cc1OC. The van der Waals surface area contributed by atoms with Gasteiger partial charge in [-0.15, -0.1) is 0 Å². The molecule has 1 aliphatic heterocycles. The van der Waals surface area contributed by atoms with Crippen LogP contribution < -0.4 is 20.1 Å². The molecule has 1 aromatic carbocycles. The van der Waals surface area contributed by atoms with Gasteiger partial charge in [-0.1, -0.05) is 6.07 Å². The third-order valence-electron chi connectivity index (χ3n) is 7.23. The second kappa shape index (κ2) is 11.9. The molecule has 3 unspecified atom stereocenters. The zero-order valence-electron chi connectivity index (χ0n) is 22.3. The summed E-state index contributed by atoms with van der Waals surface area (Å²) >= 11 is 0. The molecule has 1 fully saturated rings. The number of aliphatic hydroxyl groups excluding tert-OH is 5. The monoisotopic (exact) mass is 572 g/mol. The minimum Gasteiger partial charge on any atom is -0.493 e. The first-order valence-electron chi connectivity index (χ1n) is 12.9. The molecule has 1 saturated heterocycles. The quantitative estimate of drug-likeness (QED) is 0.157. The molecule has 15 heteroatoms. The van der Waals surface area contributed by atoms with Crippen LogP contribution in [0.2, 0.25) is 0 Å². The number of methoxy groups -OCH3 is 2. The van der Waals surface area contributed by atoms with Crippen molar-refractivity contribution in [2.75, 3.05) is 26.1 Å². The molecule has 1 amide bonds. The number of nitrogens with one attached hydrogen (secondary N) is 2. The second-order valence-corrected chi connectivity index (χ2v) is 9.77. The van der Waals surface area contributed by atoms with E-state index in [9.17, 15) is 30.3 Å². The van der Waals surface area contributed by atoms with E-state index in [1.165, 1.54) is 17.2 Å². The fraction of sp³-hybridized carbons (Fsp3) is 0.462. The smallest absolute Gasteiger partial charge is 0.247 e. The van der Waals surface area contributed by atoms with E-state index < -0.39 is 55.3 Å². The molecular formula is C26H32N6O9. The van der Waals surface area contributed by atoms with Crippen LogP contribution in [0.25, 0.3) is 11.2 Å². The van der Waals surface area contributed by atoms with Crippen LogP contribution >= 0.6 is 0 Å². The maximum atomic E-state index is 13.0. The van der Waals surface area contributed by atoms with Gasteiger partial charge in [-0.25, -0.2) is 15.0 Å². The summed E-state index contributed by atoms with van der Waals surface area (Å²) in [6.45, 7) is -0.138. The number of fused-ring (bicyclic) bond motifs is 1. The minimum atomic E-state index is -1.43. The summed E-state index contributed by atoms with van der Waals surface area (Å²) in [5, 5.41) is 56.3. The lowest BCUT2D eigenvalue weighted by Gasteiger charge is -2.29. The van der Waals surface area contributed by atoms with Gasteiger partial charge in [0.15, 0.2) is 34.7 Å². The van der Waals surface area contributed by atoms with Crippen LogP contribution in [0.5, 0.6) is 11.5 Å². The van der Waals surface area contributed by atoms with E-state index in [-0.39, 0.29) is 12.0 Å². The van der Waals surface area contributed by atoms with Crippen LogP contribution in [0, 0.1) is 0 Å². The van der Waals surface area contributed by atoms with Gasteiger partial charge in [-0.3, -0.25) is 9.36 Å². The summed E-state index contributed by atoms with van der Waals surface area (Å²) in [6.07, 6.45) is -3.79. The van der Waals surface area contributed by atoms with Crippen LogP contribution in [0.15, 0.2) is 42.5 Å². The van der Waals surface area contributed by atoms with Crippen molar-refractivity contribution >= 4 is 22.9 Å². The number of carbonyl (C=O) groups excluding carboxylic acids is 1. The van der Waals surface area contributed by atoms with Crippen molar-refractivity contribution in [1.82, 2.24) is 24.8 Å². The molecule has 1 aliphatic carbocycles. The molecule has 7 N–H and O–H groups in total. The van der Waals surface area contributed by atoms with Crippen molar-refractivity contribution in [3.8, 4) is 11.5 Å². The Morgan fingerprint density at radius 2 is 1.88 bits per heavy atom. The van der Waals surface area contributed by atoms with E-state index in [2.05, 4.69) is 25.6 Å². The lowest BCUT2D eigenvalue weighted by Crippen LogP contribution is -2.49. The summed E-state index contributed by atoms with van der Waals surface area (Å²) in [6, 6.07) is 4.44. The lowest BCUT2D eigenvalue weighted by atomic mass is 9.91. The molecule has 5 rings (SSSR count). The number of hydrogen-bond donors (Lipinski definition) is 7. The Hall–Kier alpha value is -3.86. The molecule has 3 aromatic rings. The number of hydrogen-bond acceptors (Lipinski definition) is 13. The molecule has 0 bridgehead atoms. The van der Waals surface area contributed by atoms with Gasteiger partial charge in [-0.05, 0) is 23.8 Å². The maximum Gasteiger partial charge on any atom is 0.247 e. The number of amides is 1. The summed E-state index contributed by atoms with van der Waals surface area (Å²) < 4.78 is 18.1. The van der Waals surface area contributed by atoms with Crippen LogP contribution in [0.1, 0.15) is 18.2 Å². The predicted octanol–water partition coefficient (Wildman–Crippen LogP) is -1.40. The molecule has 0 radical (unpaired) electrons. The summed E-state index contributed by atoms with van der Waals surface area (Å²) in [5.74, 6) is 0.931. The molecule has 7 atom stereocenters. The van der Waals surface area contributed by atoms with Crippen molar-refractivity contribution < 1.29 is 44.5 Å². The van der Waals surface area contributed by atoms with E-state index in [0.29, 0.717) is 35.0 Å². The average Bonchev–Trinajstić information content (AvgIpc) is 3.55. The highest BCUT2D eigenvalue weighted by Gasteiger charge is 2.46. The zero-order chi connectivity index (χ0) is 29.3. The van der Waals surface area contributed by atoms with Crippen molar-refractivity contribution in [3.05, 3.63) is 48.1 Å². The number of aromatic nitrogens is 4. The number of anilines is 1. The Balaban J connectivity index is 1.38. The molecule has 41 heavy (non-hydrogen) atoms. The predicted molar refractivity (Wildman–Crippen MR) is 142 cm³/mol. The minimum absolute atomic E-state index is 0.0353. The van der Waals surface area contributed by atoms with Gasteiger partial charge in [-0.2, -0.15) is 0 Å².